The topological polar surface area (TPSA) is 29.3 Å². The number of hydrogen-bond acceptors (Lipinski definition) is 2. The zero-order valence-electron chi connectivity index (χ0n) is 11.9. The molecule has 2 N–H and O–H groups in total. The molecular formula is C16H26N2. The van der Waals surface area contributed by atoms with Crippen LogP contribution in [0.4, 0.5) is 5.69 Å². The lowest BCUT2D eigenvalue weighted by molar-refractivity contribution is 0.253. The van der Waals surface area contributed by atoms with E-state index in [4.69, 9.17) is 5.73 Å². The molecule has 1 aliphatic rings. The maximum absolute atomic E-state index is 6.23. The zero-order chi connectivity index (χ0) is 13.2. The Bertz CT molecular complexity index is 366. The Labute approximate surface area is 111 Å². The second kappa shape index (κ2) is 5.31. The maximum atomic E-state index is 6.23. The Morgan fingerprint density at radius 1 is 1.17 bits per heavy atom. The lowest BCUT2D eigenvalue weighted by Gasteiger charge is -2.40. The van der Waals surface area contributed by atoms with Gasteiger partial charge in [0.05, 0.1) is 0 Å². The van der Waals surface area contributed by atoms with Crippen molar-refractivity contribution in [1.29, 1.82) is 0 Å². The van der Waals surface area contributed by atoms with Crippen molar-refractivity contribution in [3.05, 3.63) is 30.3 Å². The Morgan fingerprint density at radius 3 is 2.44 bits per heavy atom. The predicted molar refractivity (Wildman–Crippen MR) is 78.8 cm³/mol. The second-order valence-electron chi connectivity index (χ2n) is 6.87. The highest BCUT2D eigenvalue weighted by atomic mass is 15.2. The fraction of sp³-hybridized carbons (Fsp3) is 0.625. The number of hydrogen-bond donors (Lipinski definition) is 1. The molecule has 0 radical (unpaired) electrons. The van der Waals surface area contributed by atoms with Gasteiger partial charge in [-0.1, -0.05) is 39.0 Å². The molecule has 0 aromatic heterocycles. The summed E-state index contributed by atoms with van der Waals surface area (Å²) in [5, 5.41) is 0. The SMILES string of the molecule is CC(C)(C)CC1CC(N)CN(c2ccccc2)C1. The Kier molecular flexibility index (Phi) is 3.96. The monoisotopic (exact) mass is 246 g/mol. The second-order valence-corrected chi connectivity index (χ2v) is 6.87. The standard InChI is InChI=1S/C16H26N2/c1-16(2,3)10-13-9-14(17)12-18(11-13)15-7-5-4-6-8-15/h4-8,13-14H,9-12,17H2,1-3H3. The largest absolute Gasteiger partial charge is 0.370 e. The lowest BCUT2D eigenvalue weighted by Crippen LogP contribution is -2.47. The van der Waals surface area contributed by atoms with Crippen molar-refractivity contribution in [2.24, 2.45) is 17.1 Å². The van der Waals surface area contributed by atoms with E-state index in [2.05, 4.69) is 56.0 Å². The molecule has 1 fully saturated rings. The van der Waals surface area contributed by atoms with E-state index < -0.39 is 0 Å². The molecule has 2 nitrogen and oxygen atoms in total. The van der Waals surface area contributed by atoms with E-state index in [1.54, 1.807) is 0 Å². The van der Waals surface area contributed by atoms with E-state index in [1.807, 2.05) is 0 Å². The summed E-state index contributed by atoms with van der Waals surface area (Å²) >= 11 is 0. The van der Waals surface area contributed by atoms with Crippen LogP contribution in [0.2, 0.25) is 0 Å². The smallest absolute Gasteiger partial charge is 0.0366 e. The molecule has 0 saturated carbocycles. The van der Waals surface area contributed by atoms with Gasteiger partial charge in [-0.2, -0.15) is 0 Å². The molecule has 0 amide bonds. The van der Waals surface area contributed by atoms with Crippen LogP contribution in [-0.4, -0.2) is 19.1 Å². The van der Waals surface area contributed by atoms with Crippen molar-refractivity contribution in [1.82, 2.24) is 0 Å². The molecule has 2 unspecified atom stereocenters. The summed E-state index contributed by atoms with van der Waals surface area (Å²) in [6.45, 7) is 9.10. The number of rotatable bonds is 2. The maximum Gasteiger partial charge on any atom is 0.0366 e. The molecule has 1 heterocycles. The minimum atomic E-state index is 0.311. The van der Waals surface area contributed by atoms with E-state index in [-0.39, 0.29) is 0 Å². The van der Waals surface area contributed by atoms with E-state index in [0.29, 0.717) is 17.4 Å². The Morgan fingerprint density at radius 2 is 1.83 bits per heavy atom. The number of para-hydroxylation sites is 1. The highest BCUT2D eigenvalue weighted by Crippen LogP contribution is 2.31. The van der Waals surface area contributed by atoms with Crippen molar-refractivity contribution in [3.63, 3.8) is 0 Å². The summed E-state index contributed by atoms with van der Waals surface area (Å²) in [5.41, 5.74) is 7.93. The number of piperidine rings is 1. The minimum Gasteiger partial charge on any atom is -0.370 e. The molecule has 2 atom stereocenters. The predicted octanol–water partition coefficient (Wildman–Crippen LogP) is 3.28. The summed E-state index contributed by atoms with van der Waals surface area (Å²) in [5.74, 6) is 0.717. The average Bonchev–Trinajstić information content (AvgIpc) is 2.27. The van der Waals surface area contributed by atoms with Gasteiger partial charge < -0.3 is 10.6 Å². The molecule has 18 heavy (non-hydrogen) atoms. The van der Waals surface area contributed by atoms with Crippen LogP contribution in [0.3, 0.4) is 0 Å². The van der Waals surface area contributed by atoms with Crippen molar-refractivity contribution in [3.8, 4) is 0 Å². The summed E-state index contributed by atoms with van der Waals surface area (Å²) in [6, 6.07) is 11.0. The molecule has 0 aliphatic carbocycles. The molecule has 1 aliphatic heterocycles. The molecule has 100 valence electrons. The van der Waals surface area contributed by atoms with Gasteiger partial charge in [0.25, 0.3) is 0 Å². The number of nitrogens with zero attached hydrogens (tertiary/aromatic N) is 1. The first-order chi connectivity index (χ1) is 8.44. The molecule has 0 bridgehead atoms. The summed E-state index contributed by atoms with van der Waals surface area (Å²) in [7, 11) is 0. The average molecular weight is 246 g/mol. The minimum absolute atomic E-state index is 0.311. The van der Waals surface area contributed by atoms with Gasteiger partial charge in [0.15, 0.2) is 0 Å². The molecule has 2 heteroatoms. The van der Waals surface area contributed by atoms with Crippen LogP contribution in [0, 0.1) is 11.3 Å². The zero-order valence-corrected chi connectivity index (χ0v) is 11.9. The van der Waals surface area contributed by atoms with Gasteiger partial charge in [-0.15, -0.1) is 0 Å². The molecular weight excluding hydrogens is 220 g/mol. The third kappa shape index (κ3) is 3.74. The van der Waals surface area contributed by atoms with Gasteiger partial charge >= 0.3 is 0 Å². The van der Waals surface area contributed by atoms with Gasteiger partial charge in [0.2, 0.25) is 0 Å². The molecule has 1 saturated heterocycles. The van der Waals surface area contributed by atoms with E-state index in [9.17, 15) is 0 Å². The third-order valence-electron chi connectivity index (χ3n) is 3.59. The van der Waals surface area contributed by atoms with E-state index in [1.165, 1.54) is 18.5 Å². The Balaban J connectivity index is 2.05. The fourth-order valence-corrected chi connectivity index (χ4v) is 3.11. The summed E-state index contributed by atoms with van der Waals surface area (Å²) in [4.78, 5) is 2.45. The molecule has 0 spiro atoms. The first-order valence-corrected chi connectivity index (χ1v) is 6.99. The Hall–Kier alpha value is -1.02. The lowest BCUT2D eigenvalue weighted by atomic mass is 9.80. The summed E-state index contributed by atoms with van der Waals surface area (Å²) in [6.07, 6.45) is 2.42. The van der Waals surface area contributed by atoms with E-state index in [0.717, 1.165) is 13.1 Å². The normalized spacial score (nSPS) is 25.2. The first-order valence-electron chi connectivity index (χ1n) is 6.99. The quantitative estimate of drug-likeness (QED) is 0.867. The van der Waals surface area contributed by atoms with Crippen LogP contribution in [-0.2, 0) is 0 Å². The molecule has 1 aromatic rings. The van der Waals surface area contributed by atoms with Crippen molar-refractivity contribution < 1.29 is 0 Å². The summed E-state index contributed by atoms with van der Waals surface area (Å²) < 4.78 is 0. The van der Waals surface area contributed by atoms with Gasteiger partial charge in [0.1, 0.15) is 0 Å². The van der Waals surface area contributed by atoms with Gasteiger partial charge in [-0.25, -0.2) is 0 Å². The van der Waals surface area contributed by atoms with Crippen LogP contribution < -0.4 is 10.6 Å². The fourth-order valence-electron chi connectivity index (χ4n) is 3.11. The molecule has 2 rings (SSSR count). The highest BCUT2D eigenvalue weighted by molar-refractivity contribution is 5.46. The van der Waals surface area contributed by atoms with Crippen LogP contribution in [0.25, 0.3) is 0 Å². The van der Waals surface area contributed by atoms with Crippen molar-refractivity contribution in [2.75, 3.05) is 18.0 Å². The van der Waals surface area contributed by atoms with Crippen LogP contribution in [0.15, 0.2) is 30.3 Å². The van der Waals surface area contributed by atoms with Crippen LogP contribution >= 0.6 is 0 Å². The van der Waals surface area contributed by atoms with Crippen LogP contribution in [0.1, 0.15) is 33.6 Å². The van der Waals surface area contributed by atoms with Crippen LogP contribution in [0.5, 0.6) is 0 Å². The third-order valence-corrected chi connectivity index (χ3v) is 3.59. The van der Waals surface area contributed by atoms with E-state index >= 15 is 0 Å². The number of nitrogens with two attached hydrogens (primary N) is 1. The van der Waals surface area contributed by atoms with Gasteiger partial charge in [0, 0.05) is 24.8 Å². The molecule has 1 aromatic carbocycles. The highest BCUT2D eigenvalue weighted by Gasteiger charge is 2.28. The van der Waals surface area contributed by atoms with Crippen molar-refractivity contribution >= 4 is 5.69 Å². The van der Waals surface area contributed by atoms with Gasteiger partial charge in [-0.3, -0.25) is 0 Å². The first kappa shape index (κ1) is 13.4. The van der Waals surface area contributed by atoms with Crippen molar-refractivity contribution in [2.45, 2.75) is 39.7 Å². The van der Waals surface area contributed by atoms with Gasteiger partial charge in [-0.05, 0) is 36.3 Å². The number of anilines is 1. The number of benzene rings is 1.